The fraction of sp³-hybridized carbons (Fsp3) is 0.304. The molecule has 0 saturated carbocycles. The molecule has 0 unspecified atom stereocenters. The number of hydrogen-bond donors (Lipinski definition) is 2. The number of fused-ring (bicyclic) bond motifs is 1. The maximum atomic E-state index is 12.6. The summed E-state index contributed by atoms with van der Waals surface area (Å²) in [4.78, 5) is 16.5. The summed E-state index contributed by atoms with van der Waals surface area (Å²) in [5, 5.41) is 2.84. The zero-order chi connectivity index (χ0) is 21.7. The molecular weight excluding hydrogens is 412 g/mol. The zero-order valence-corrected chi connectivity index (χ0v) is 18.1. The van der Waals surface area contributed by atoms with E-state index in [0.717, 1.165) is 36.9 Å². The van der Waals surface area contributed by atoms with Crippen molar-refractivity contribution in [3.05, 3.63) is 72.3 Å². The number of carbonyl (C=O) groups excluding carboxylic acids is 1. The molecule has 0 bridgehead atoms. The number of rotatable bonds is 8. The second kappa shape index (κ2) is 9.45. The van der Waals surface area contributed by atoms with Crippen LogP contribution < -0.4 is 10.0 Å². The lowest BCUT2D eigenvalue weighted by atomic mass is 9.92. The van der Waals surface area contributed by atoms with E-state index in [2.05, 4.69) is 15.0 Å². The molecule has 2 aromatic carbocycles. The van der Waals surface area contributed by atoms with Crippen molar-refractivity contribution in [2.24, 2.45) is 0 Å². The molecular formula is C23H26N4O3S. The van der Waals surface area contributed by atoms with Gasteiger partial charge in [-0.2, -0.15) is 0 Å². The molecule has 0 radical (unpaired) electrons. The summed E-state index contributed by atoms with van der Waals surface area (Å²) in [6, 6.07) is 12.8. The summed E-state index contributed by atoms with van der Waals surface area (Å²) >= 11 is 0. The zero-order valence-electron chi connectivity index (χ0n) is 17.3. The van der Waals surface area contributed by atoms with Gasteiger partial charge in [0.05, 0.1) is 11.2 Å². The minimum absolute atomic E-state index is 0.150. The molecule has 0 spiro atoms. The quantitative estimate of drug-likeness (QED) is 0.527. The van der Waals surface area contributed by atoms with E-state index in [4.69, 9.17) is 0 Å². The molecule has 3 aromatic rings. The standard InChI is InChI=1S/C23H26N4O3S/c28-23(26-20-8-10-21(11-9-20)27-15-14-24-17-27)6-3-13-25-31(29,30)22-12-7-18-4-1-2-5-19(18)16-22/h7-12,14-17,25H,1-6,13H2,(H,26,28). The molecule has 2 N–H and O–H groups in total. The van der Waals surface area contributed by atoms with Crippen molar-refractivity contribution < 1.29 is 13.2 Å². The smallest absolute Gasteiger partial charge is 0.240 e. The predicted molar refractivity (Wildman–Crippen MR) is 120 cm³/mol. The van der Waals surface area contributed by atoms with Crippen LogP contribution in [-0.2, 0) is 27.7 Å². The predicted octanol–water partition coefficient (Wildman–Crippen LogP) is 3.45. The van der Waals surface area contributed by atoms with Crippen LogP contribution in [0.4, 0.5) is 5.69 Å². The highest BCUT2D eigenvalue weighted by molar-refractivity contribution is 7.89. The molecule has 1 aliphatic rings. The van der Waals surface area contributed by atoms with Crippen molar-refractivity contribution in [2.45, 2.75) is 43.4 Å². The van der Waals surface area contributed by atoms with Crippen LogP contribution in [0.3, 0.4) is 0 Å². The second-order valence-electron chi connectivity index (χ2n) is 7.70. The molecule has 0 fully saturated rings. The molecule has 4 rings (SSSR count). The number of aromatic nitrogens is 2. The molecule has 0 atom stereocenters. The third kappa shape index (κ3) is 5.39. The molecule has 1 heterocycles. The summed E-state index contributed by atoms with van der Waals surface area (Å²) in [5.41, 5.74) is 4.03. The number of anilines is 1. The van der Waals surface area contributed by atoms with Crippen molar-refractivity contribution in [1.29, 1.82) is 0 Å². The van der Waals surface area contributed by atoms with Gasteiger partial charge in [-0.1, -0.05) is 6.07 Å². The van der Waals surface area contributed by atoms with Gasteiger partial charge in [0.2, 0.25) is 15.9 Å². The van der Waals surface area contributed by atoms with Crippen LogP contribution in [0.5, 0.6) is 0 Å². The Labute approximate surface area is 182 Å². The maximum absolute atomic E-state index is 12.6. The van der Waals surface area contributed by atoms with Crippen LogP contribution in [0.15, 0.2) is 66.1 Å². The number of imidazole rings is 1. The Bertz CT molecular complexity index is 1140. The van der Waals surface area contributed by atoms with E-state index in [-0.39, 0.29) is 18.9 Å². The number of nitrogens with one attached hydrogen (secondary N) is 2. The summed E-state index contributed by atoms with van der Waals surface area (Å²) in [5.74, 6) is -0.150. The minimum atomic E-state index is -3.57. The van der Waals surface area contributed by atoms with Crippen molar-refractivity contribution in [2.75, 3.05) is 11.9 Å². The molecule has 0 saturated heterocycles. The van der Waals surface area contributed by atoms with E-state index >= 15 is 0 Å². The van der Waals surface area contributed by atoms with E-state index < -0.39 is 10.0 Å². The lowest BCUT2D eigenvalue weighted by molar-refractivity contribution is -0.116. The van der Waals surface area contributed by atoms with Crippen molar-refractivity contribution >= 4 is 21.6 Å². The van der Waals surface area contributed by atoms with E-state index in [0.29, 0.717) is 17.0 Å². The highest BCUT2D eigenvalue weighted by Gasteiger charge is 2.17. The number of sulfonamides is 1. The summed E-state index contributed by atoms with van der Waals surface area (Å²) in [7, 11) is -3.57. The first-order valence-corrected chi connectivity index (χ1v) is 12.0. The average molecular weight is 439 g/mol. The number of nitrogens with zero attached hydrogens (tertiary/aromatic N) is 2. The van der Waals surface area contributed by atoms with Crippen LogP contribution in [-0.4, -0.2) is 30.4 Å². The van der Waals surface area contributed by atoms with Gasteiger partial charge in [0.15, 0.2) is 0 Å². The fourth-order valence-corrected chi connectivity index (χ4v) is 4.89. The fourth-order valence-electron chi connectivity index (χ4n) is 3.77. The lowest BCUT2D eigenvalue weighted by Gasteiger charge is -2.16. The molecule has 7 nitrogen and oxygen atoms in total. The largest absolute Gasteiger partial charge is 0.326 e. The number of amides is 1. The van der Waals surface area contributed by atoms with E-state index in [1.807, 2.05) is 41.1 Å². The molecule has 1 aromatic heterocycles. The highest BCUT2D eigenvalue weighted by Crippen LogP contribution is 2.24. The Kier molecular flexibility index (Phi) is 6.48. The maximum Gasteiger partial charge on any atom is 0.240 e. The third-order valence-corrected chi connectivity index (χ3v) is 6.92. The van der Waals surface area contributed by atoms with Gasteiger partial charge in [-0.3, -0.25) is 4.79 Å². The Morgan fingerprint density at radius 1 is 1.03 bits per heavy atom. The molecule has 1 aliphatic carbocycles. The van der Waals surface area contributed by atoms with Gasteiger partial charge in [0.25, 0.3) is 0 Å². The van der Waals surface area contributed by atoms with Crippen LogP contribution in [0.1, 0.15) is 36.8 Å². The number of hydrogen-bond acceptors (Lipinski definition) is 4. The van der Waals surface area contributed by atoms with Crippen molar-refractivity contribution in [3.63, 3.8) is 0 Å². The van der Waals surface area contributed by atoms with E-state index in [9.17, 15) is 13.2 Å². The average Bonchev–Trinajstić information content (AvgIpc) is 3.32. The number of carbonyl (C=O) groups is 1. The van der Waals surface area contributed by atoms with E-state index in [1.54, 1.807) is 24.7 Å². The Morgan fingerprint density at radius 2 is 1.81 bits per heavy atom. The highest BCUT2D eigenvalue weighted by atomic mass is 32.2. The van der Waals surface area contributed by atoms with Gasteiger partial charge in [0, 0.05) is 36.7 Å². The van der Waals surface area contributed by atoms with Crippen molar-refractivity contribution in [1.82, 2.24) is 14.3 Å². The van der Waals surface area contributed by atoms with Crippen LogP contribution in [0.25, 0.3) is 5.69 Å². The summed E-state index contributed by atoms with van der Waals surface area (Å²) in [6.45, 7) is 0.215. The first-order chi connectivity index (χ1) is 15.0. The summed E-state index contributed by atoms with van der Waals surface area (Å²) in [6.07, 6.45) is 10.1. The molecule has 31 heavy (non-hydrogen) atoms. The molecule has 0 aliphatic heterocycles. The normalized spacial score (nSPS) is 13.5. The third-order valence-electron chi connectivity index (χ3n) is 5.46. The van der Waals surface area contributed by atoms with Gasteiger partial charge in [-0.05, 0) is 79.6 Å². The van der Waals surface area contributed by atoms with Gasteiger partial charge in [0.1, 0.15) is 0 Å². The Balaban J connectivity index is 1.24. The SMILES string of the molecule is O=C(CCCNS(=O)(=O)c1ccc2c(c1)CCCC2)Nc1ccc(-n2ccnc2)cc1. The van der Waals surface area contributed by atoms with Crippen LogP contribution in [0.2, 0.25) is 0 Å². The van der Waals surface area contributed by atoms with E-state index in [1.165, 1.54) is 5.56 Å². The van der Waals surface area contributed by atoms with Crippen LogP contribution in [0, 0.1) is 0 Å². The second-order valence-corrected chi connectivity index (χ2v) is 9.47. The van der Waals surface area contributed by atoms with Crippen molar-refractivity contribution in [3.8, 4) is 5.69 Å². The van der Waals surface area contributed by atoms with Crippen LogP contribution >= 0.6 is 0 Å². The Morgan fingerprint density at radius 3 is 2.55 bits per heavy atom. The first kappa shape index (κ1) is 21.3. The Hall–Kier alpha value is -2.97. The monoisotopic (exact) mass is 438 g/mol. The summed E-state index contributed by atoms with van der Waals surface area (Å²) < 4.78 is 29.6. The topological polar surface area (TPSA) is 93.1 Å². The van der Waals surface area contributed by atoms with Gasteiger partial charge in [-0.25, -0.2) is 18.1 Å². The van der Waals surface area contributed by atoms with Gasteiger partial charge >= 0.3 is 0 Å². The molecule has 162 valence electrons. The van der Waals surface area contributed by atoms with Gasteiger partial charge in [-0.15, -0.1) is 0 Å². The minimum Gasteiger partial charge on any atom is -0.326 e. The lowest BCUT2D eigenvalue weighted by Crippen LogP contribution is -2.26. The number of benzene rings is 2. The number of aryl methyl sites for hydroxylation is 2. The molecule has 1 amide bonds. The molecule has 8 heteroatoms. The van der Waals surface area contributed by atoms with Gasteiger partial charge < -0.3 is 9.88 Å². The first-order valence-electron chi connectivity index (χ1n) is 10.5.